The van der Waals surface area contributed by atoms with E-state index >= 15 is 0 Å². The van der Waals surface area contributed by atoms with Gasteiger partial charge in [0.1, 0.15) is 6.10 Å². The summed E-state index contributed by atoms with van der Waals surface area (Å²) in [6.07, 6.45) is -2.06. The van der Waals surface area contributed by atoms with Crippen molar-refractivity contribution in [2.24, 2.45) is 11.8 Å². The number of hydrogen-bond donors (Lipinski definition) is 3. The molecular weight excluding hydrogens is 192 g/mol. The van der Waals surface area contributed by atoms with Gasteiger partial charge in [-0.3, -0.25) is 14.4 Å². The standard InChI is InChI=1S/C8H10O6/c9-5-1-3(7(11)12)4(8(13)14)2-6(5)10/h3-5,9H,1-2H2,(H,11,12)(H,13,14). The van der Waals surface area contributed by atoms with Gasteiger partial charge in [-0.25, -0.2) is 0 Å². The summed E-state index contributed by atoms with van der Waals surface area (Å²) >= 11 is 0. The van der Waals surface area contributed by atoms with Crippen molar-refractivity contribution >= 4 is 17.7 Å². The van der Waals surface area contributed by atoms with E-state index in [1.54, 1.807) is 0 Å². The van der Waals surface area contributed by atoms with Crippen LogP contribution in [0.3, 0.4) is 0 Å². The van der Waals surface area contributed by atoms with Gasteiger partial charge in [0.15, 0.2) is 5.78 Å². The molecule has 14 heavy (non-hydrogen) atoms. The summed E-state index contributed by atoms with van der Waals surface area (Å²) in [6.45, 7) is 0. The molecule has 0 aromatic heterocycles. The number of aliphatic hydroxyl groups excluding tert-OH is 1. The Morgan fingerprint density at radius 1 is 1.14 bits per heavy atom. The highest BCUT2D eigenvalue weighted by Crippen LogP contribution is 2.28. The number of Topliss-reactive ketones (excluding diaryl/α,β-unsaturated/α-hetero) is 1. The van der Waals surface area contributed by atoms with E-state index in [1.807, 2.05) is 0 Å². The number of carbonyl (C=O) groups is 3. The third-order valence-corrected chi connectivity index (χ3v) is 2.39. The molecule has 3 N–H and O–H groups in total. The highest BCUT2D eigenvalue weighted by atomic mass is 16.4. The zero-order chi connectivity index (χ0) is 10.9. The van der Waals surface area contributed by atoms with Gasteiger partial charge in [-0.05, 0) is 6.42 Å². The second-order valence-corrected chi connectivity index (χ2v) is 3.31. The van der Waals surface area contributed by atoms with Gasteiger partial charge in [0, 0.05) is 6.42 Å². The van der Waals surface area contributed by atoms with Crippen LogP contribution in [0, 0.1) is 11.8 Å². The fraction of sp³-hybridized carbons (Fsp3) is 0.625. The molecule has 1 aliphatic rings. The lowest BCUT2D eigenvalue weighted by Crippen LogP contribution is -2.42. The van der Waals surface area contributed by atoms with E-state index in [0.29, 0.717) is 0 Å². The maximum atomic E-state index is 11.0. The van der Waals surface area contributed by atoms with Crippen molar-refractivity contribution in [1.29, 1.82) is 0 Å². The Balaban J connectivity index is 2.85. The fourth-order valence-corrected chi connectivity index (χ4v) is 1.56. The Hall–Kier alpha value is -1.43. The van der Waals surface area contributed by atoms with Crippen molar-refractivity contribution in [2.75, 3.05) is 0 Å². The highest BCUT2D eigenvalue weighted by molar-refractivity contribution is 5.91. The average Bonchev–Trinajstić information content (AvgIpc) is 2.08. The molecular formula is C8H10O6. The molecule has 0 bridgehead atoms. The van der Waals surface area contributed by atoms with Crippen molar-refractivity contribution in [1.82, 2.24) is 0 Å². The monoisotopic (exact) mass is 202 g/mol. The molecule has 3 unspecified atom stereocenters. The summed E-state index contributed by atoms with van der Waals surface area (Å²) < 4.78 is 0. The smallest absolute Gasteiger partial charge is 0.307 e. The zero-order valence-corrected chi connectivity index (χ0v) is 7.21. The van der Waals surface area contributed by atoms with E-state index < -0.39 is 42.1 Å². The van der Waals surface area contributed by atoms with Crippen LogP contribution in [-0.4, -0.2) is 39.1 Å². The van der Waals surface area contributed by atoms with Gasteiger partial charge in [0.2, 0.25) is 0 Å². The summed E-state index contributed by atoms with van der Waals surface area (Å²) in [4.78, 5) is 32.2. The molecule has 1 fully saturated rings. The van der Waals surface area contributed by atoms with Crippen LogP contribution in [0.25, 0.3) is 0 Å². The molecule has 78 valence electrons. The lowest BCUT2D eigenvalue weighted by atomic mass is 9.77. The third-order valence-electron chi connectivity index (χ3n) is 2.39. The molecule has 0 saturated heterocycles. The molecule has 6 heteroatoms. The van der Waals surface area contributed by atoms with Gasteiger partial charge in [-0.2, -0.15) is 0 Å². The van der Waals surface area contributed by atoms with E-state index in [0.717, 1.165) is 0 Å². The second-order valence-electron chi connectivity index (χ2n) is 3.31. The molecule has 6 nitrogen and oxygen atoms in total. The Bertz CT molecular complexity index is 284. The highest BCUT2D eigenvalue weighted by Gasteiger charge is 2.42. The van der Waals surface area contributed by atoms with Crippen LogP contribution < -0.4 is 0 Å². The fourth-order valence-electron chi connectivity index (χ4n) is 1.56. The van der Waals surface area contributed by atoms with Gasteiger partial charge < -0.3 is 15.3 Å². The first kappa shape index (κ1) is 10.6. The minimum Gasteiger partial charge on any atom is -0.481 e. The first-order valence-corrected chi connectivity index (χ1v) is 4.10. The molecule has 1 saturated carbocycles. The Labute approximate surface area is 79.2 Å². The molecule has 0 heterocycles. The van der Waals surface area contributed by atoms with Gasteiger partial charge in [-0.15, -0.1) is 0 Å². The molecule has 0 aliphatic heterocycles. The number of aliphatic carboxylic acids is 2. The van der Waals surface area contributed by atoms with Crippen LogP contribution in [0.15, 0.2) is 0 Å². The molecule has 3 atom stereocenters. The predicted octanol–water partition coefficient (Wildman–Crippen LogP) is -0.888. The van der Waals surface area contributed by atoms with Crippen LogP contribution in [0.4, 0.5) is 0 Å². The van der Waals surface area contributed by atoms with Crippen molar-refractivity contribution in [3.8, 4) is 0 Å². The van der Waals surface area contributed by atoms with Crippen LogP contribution in [0.1, 0.15) is 12.8 Å². The SMILES string of the molecule is O=C1CC(C(=O)O)C(C(=O)O)CC1O. The van der Waals surface area contributed by atoms with Crippen molar-refractivity contribution in [3.05, 3.63) is 0 Å². The maximum absolute atomic E-state index is 11.0. The third kappa shape index (κ3) is 1.90. The molecule has 0 radical (unpaired) electrons. The van der Waals surface area contributed by atoms with Crippen LogP contribution >= 0.6 is 0 Å². The van der Waals surface area contributed by atoms with E-state index in [2.05, 4.69) is 0 Å². The van der Waals surface area contributed by atoms with Gasteiger partial charge in [0.05, 0.1) is 11.8 Å². The summed E-state index contributed by atoms with van der Waals surface area (Å²) in [5.41, 5.74) is 0. The van der Waals surface area contributed by atoms with Crippen LogP contribution in [-0.2, 0) is 14.4 Å². The number of carboxylic acids is 2. The summed E-state index contributed by atoms with van der Waals surface area (Å²) in [5, 5.41) is 26.4. The Kier molecular flexibility index (Phi) is 2.85. The van der Waals surface area contributed by atoms with E-state index in [1.165, 1.54) is 0 Å². The van der Waals surface area contributed by atoms with Gasteiger partial charge in [-0.1, -0.05) is 0 Å². The van der Waals surface area contributed by atoms with E-state index in [-0.39, 0.29) is 6.42 Å². The van der Waals surface area contributed by atoms with Gasteiger partial charge >= 0.3 is 11.9 Å². The van der Waals surface area contributed by atoms with E-state index in [4.69, 9.17) is 15.3 Å². The minimum absolute atomic E-state index is 0.314. The number of carboxylic acid groups (broad SMARTS) is 2. The summed E-state index contributed by atoms with van der Waals surface area (Å²) in [5.74, 6) is -5.60. The molecule has 0 aromatic carbocycles. The largest absolute Gasteiger partial charge is 0.481 e. The van der Waals surface area contributed by atoms with Crippen LogP contribution in [0.2, 0.25) is 0 Å². The van der Waals surface area contributed by atoms with Crippen LogP contribution in [0.5, 0.6) is 0 Å². The first-order valence-electron chi connectivity index (χ1n) is 4.10. The molecule has 0 aromatic rings. The lowest BCUT2D eigenvalue weighted by molar-refractivity contribution is -0.160. The molecule has 0 spiro atoms. The Morgan fingerprint density at radius 3 is 2.07 bits per heavy atom. The lowest BCUT2D eigenvalue weighted by Gasteiger charge is -2.27. The molecule has 1 rings (SSSR count). The average molecular weight is 202 g/mol. The minimum atomic E-state index is -1.34. The number of hydrogen-bond acceptors (Lipinski definition) is 4. The quantitative estimate of drug-likeness (QED) is 0.535. The number of aliphatic hydroxyl groups is 1. The summed E-state index contributed by atoms with van der Waals surface area (Å²) in [7, 11) is 0. The number of ketones is 1. The number of rotatable bonds is 2. The second kappa shape index (κ2) is 3.75. The normalized spacial score (nSPS) is 32.6. The number of carbonyl (C=O) groups excluding carboxylic acids is 1. The summed E-state index contributed by atoms with van der Waals surface area (Å²) in [6, 6.07) is 0. The van der Waals surface area contributed by atoms with Crippen molar-refractivity contribution in [2.45, 2.75) is 18.9 Å². The first-order chi connectivity index (χ1) is 6.43. The van der Waals surface area contributed by atoms with E-state index in [9.17, 15) is 14.4 Å². The molecule has 0 amide bonds. The van der Waals surface area contributed by atoms with Crippen molar-refractivity contribution < 1.29 is 29.7 Å². The van der Waals surface area contributed by atoms with Gasteiger partial charge in [0.25, 0.3) is 0 Å². The predicted molar refractivity (Wildman–Crippen MR) is 42.5 cm³/mol. The van der Waals surface area contributed by atoms with Crippen molar-refractivity contribution in [3.63, 3.8) is 0 Å². The zero-order valence-electron chi connectivity index (χ0n) is 7.21. The maximum Gasteiger partial charge on any atom is 0.307 e. The topological polar surface area (TPSA) is 112 Å². The molecule has 1 aliphatic carbocycles. The Morgan fingerprint density at radius 2 is 1.64 bits per heavy atom.